The van der Waals surface area contributed by atoms with Gasteiger partial charge in [-0.3, -0.25) is 0 Å². The van der Waals surface area contributed by atoms with Gasteiger partial charge in [0.2, 0.25) is 0 Å². The maximum absolute atomic E-state index is 5.31. The highest BCUT2D eigenvalue weighted by molar-refractivity contribution is 5.64. The minimum atomic E-state index is 0.774. The van der Waals surface area contributed by atoms with E-state index in [-0.39, 0.29) is 0 Å². The van der Waals surface area contributed by atoms with Gasteiger partial charge in [-0.2, -0.15) is 0 Å². The van der Waals surface area contributed by atoms with Gasteiger partial charge in [-0.25, -0.2) is 4.98 Å². The topological polar surface area (TPSA) is 48.3 Å². The third kappa shape index (κ3) is 2.12. The second kappa shape index (κ2) is 4.84. The Balaban J connectivity index is 2.08. The van der Waals surface area contributed by atoms with Gasteiger partial charge in [0.1, 0.15) is 23.1 Å². The van der Waals surface area contributed by atoms with E-state index < -0.39 is 0 Å². The van der Waals surface area contributed by atoms with Gasteiger partial charge in [-0.15, -0.1) is 0 Å². The van der Waals surface area contributed by atoms with Crippen LogP contribution in [0.5, 0.6) is 11.5 Å². The number of hydrogen-bond donors (Lipinski definition) is 1. The van der Waals surface area contributed by atoms with Crippen LogP contribution in [-0.4, -0.2) is 30.3 Å². The number of fused-ring (bicyclic) bond motifs is 1. The molecule has 0 spiro atoms. The standard InChI is InChI=1S/C14H17N3O2/c1-18-11-6-10(7-12(8-11)19-2)14-16-9-13-15-4-3-5-17(13)14/h6-9,15H,3-5H2,1-2H3. The van der Waals surface area contributed by atoms with Crippen LogP contribution in [-0.2, 0) is 6.54 Å². The number of hydrogen-bond acceptors (Lipinski definition) is 4. The molecule has 0 atom stereocenters. The Bertz CT molecular complexity index is 570. The second-order valence-electron chi connectivity index (χ2n) is 4.50. The lowest BCUT2D eigenvalue weighted by molar-refractivity contribution is 0.394. The van der Waals surface area contributed by atoms with E-state index in [1.807, 2.05) is 24.4 Å². The average Bonchev–Trinajstić information content (AvgIpc) is 2.90. The quantitative estimate of drug-likeness (QED) is 0.919. The zero-order valence-electron chi connectivity index (χ0n) is 11.1. The first-order valence-electron chi connectivity index (χ1n) is 6.34. The first-order valence-corrected chi connectivity index (χ1v) is 6.34. The molecule has 1 aromatic heterocycles. The Morgan fingerprint density at radius 3 is 2.58 bits per heavy atom. The number of ether oxygens (including phenoxy) is 2. The number of nitrogens with zero attached hydrogens (tertiary/aromatic N) is 2. The second-order valence-corrected chi connectivity index (χ2v) is 4.50. The molecule has 2 aromatic rings. The van der Waals surface area contributed by atoms with E-state index in [0.717, 1.165) is 48.2 Å². The Morgan fingerprint density at radius 1 is 1.16 bits per heavy atom. The van der Waals surface area contributed by atoms with Crippen molar-refractivity contribution in [3.8, 4) is 22.9 Å². The van der Waals surface area contributed by atoms with Crippen LogP contribution in [0.3, 0.4) is 0 Å². The number of imidazole rings is 1. The Hall–Kier alpha value is -2.17. The first kappa shape index (κ1) is 11.9. The van der Waals surface area contributed by atoms with Gasteiger partial charge in [0, 0.05) is 24.7 Å². The average molecular weight is 259 g/mol. The summed E-state index contributed by atoms with van der Waals surface area (Å²) in [4.78, 5) is 4.51. The molecule has 2 heterocycles. The summed E-state index contributed by atoms with van der Waals surface area (Å²) in [6.07, 6.45) is 2.98. The van der Waals surface area contributed by atoms with Crippen LogP contribution in [0.15, 0.2) is 24.4 Å². The van der Waals surface area contributed by atoms with Gasteiger partial charge in [0.25, 0.3) is 0 Å². The molecular formula is C14H17N3O2. The Morgan fingerprint density at radius 2 is 1.89 bits per heavy atom. The predicted molar refractivity (Wildman–Crippen MR) is 73.9 cm³/mol. The van der Waals surface area contributed by atoms with Crippen LogP contribution in [0.4, 0.5) is 5.82 Å². The van der Waals surface area contributed by atoms with Gasteiger partial charge in [-0.1, -0.05) is 0 Å². The van der Waals surface area contributed by atoms with Gasteiger partial charge in [-0.05, 0) is 18.6 Å². The highest BCUT2D eigenvalue weighted by Gasteiger charge is 2.16. The van der Waals surface area contributed by atoms with Gasteiger partial charge in [0.15, 0.2) is 0 Å². The smallest absolute Gasteiger partial charge is 0.141 e. The van der Waals surface area contributed by atoms with Crippen LogP contribution in [0.1, 0.15) is 6.42 Å². The number of aromatic nitrogens is 2. The molecular weight excluding hydrogens is 242 g/mol. The summed E-state index contributed by atoms with van der Waals surface area (Å²) in [5.41, 5.74) is 1.01. The predicted octanol–water partition coefficient (Wildman–Crippen LogP) is 2.38. The number of rotatable bonds is 3. The fraction of sp³-hybridized carbons (Fsp3) is 0.357. The molecule has 1 aromatic carbocycles. The van der Waals surface area contributed by atoms with Crippen LogP contribution >= 0.6 is 0 Å². The molecule has 0 amide bonds. The monoisotopic (exact) mass is 259 g/mol. The molecule has 0 bridgehead atoms. The highest BCUT2D eigenvalue weighted by atomic mass is 16.5. The lowest BCUT2D eigenvalue weighted by atomic mass is 10.2. The van der Waals surface area contributed by atoms with Crippen LogP contribution in [0.25, 0.3) is 11.4 Å². The minimum Gasteiger partial charge on any atom is -0.497 e. The van der Waals surface area contributed by atoms with E-state index in [1.165, 1.54) is 0 Å². The van der Waals surface area contributed by atoms with Crippen LogP contribution in [0, 0.1) is 0 Å². The van der Waals surface area contributed by atoms with Crippen molar-refractivity contribution in [2.24, 2.45) is 0 Å². The molecule has 0 fully saturated rings. The molecule has 1 N–H and O–H groups in total. The first-order chi connectivity index (χ1) is 9.31. The molecule has 1 aliphatic rings. The van der Waals surface area contributed by atoms with E-state index in [0.29, 0.717) is 0 Å². The molecule has 100 valence electrons. The van der Waals surface area contributed by atoms with Crippen LogP contribution in [0.2, 0.25) is 0 Å². The lowest BCUT2D eigenvalue weighted by Gasteiger charge is -2.18. The maximum Gasteiger partial charge on any atom is 0.141 e. The van der Waals surface area contributed by atoms with Crippen molar-refractivity contribution < 1.29 is 9.47 Å². The molecule has 0 saturated heterocycles. The summed E-state index contributed by atoms with van der Waals surface area (Å²) in [5.74, 6) is 3.56. The summed E-state index contributed by atoms with van der Waals surface area (Å²) in [6.45, 7) is 1.99. The Kier molecular flexibility index (Phi) is 3.03. The number of nitrogens with one attached hydrogen (secondary N) is 1. The summed E-state index contributed by atoms with van der Waals surface area (Å²) >= 11 is 0. The number of benzene rings is 1. The highest BCUT2D eigenvalue weighted by Crippen LogP contribution is 2.31. The molecule has 5 nitrogen and oxygen atoms in total. The number of methoxy groups -OCH3 is 2. The summed E-state index contributed by atoms with van der Waals surface area (Å²) < 4.78 is 12.8. The zero-order chi connectivity index (χ0) is 13.2. The SMILES string of the molecule is COc1cc(OC)cc(-c2ncc3n2CCCN3)c1. The fourth-order valence-electron chi connectivity index (χ4n) is 2.36. The fourth-order valence-corrected chi connectivity index (χ4v) is 2.36. The molecule has 0 saturated carbocycles. The van der Waals surface area contributed by atoms with Gasteiger partial charge in [0.05, 0.1) is 20.4 Å². The normalized spacial score (nSPS) is 13.6. The van der Waals surface area contributed by atoms with Crippen molar-refractivity contribution in [2.45, 2.75) is 13.0 Å². The van der Waals surface area contributed by atoms with Crippen molar-refractivity contribution in [1.29, 1.82) is 0 Å². The summed E-state index contributed by atoms with van der Waals surface area (Å²) in [5, 5.41) is 3.35. The lowest BCUT2D eigenvalue weighted by Crippen LogP contribution is -2.17. The molecule has 5 heteroatoms. The summed E-state index contributed by atoms with van der Waals surface area (Å²) in [7, 11) is 3.31. The van der Waals surface area contributed by atoms with Crippen molar-refractivity contribution in [3.63, 3.8) is 0 Å². The summed E-state index contributed by atoms with van der Waals surface area (Å²) in [6, 6.07) is 5.82. The molecule has 1 aliphatic heterocycles. The molecule has 3 rings (SSSR count). The zero-order valence-corrected chi connectivity index (χ0v) is 11.1. The van der Waals surface area contributed by atoms with E-state index in [2.05, 4.69) is 14.9 Å². The van der Waals surface area contributed by atoms with E-state index in [4.69, 9.17) is 9.47 Å². The van der Waals surface area contributed by atoms with Gasteiger partial charge >= 0.3 is 0 Å². The van der Waals surface area contributed by atoms with Crippen molar-refractivity contribution >= 4 is 5.82 Å². The van der Waals surface area contributed by atoms with Crippen molar-refractivity contribution in [3.05, 3.63) is 24.4 Å². The minimum absolute atomic E-state index is 0.774. The van der Waals surface area contributed by atoms with Crippen LogP contribution < -0.4 is 14.8 Å². The van der Waals surface area contributed by atoms with E-state index >= 15 is 0 Å². The molecule has 0 radical (unpaired) electrons. The molecule has 19 heavy (non-hydrogen) atoms. The van der Waals surface area contributed by atoms with E-state index in [9.17, 15) is 0 Å². The Labute approximate surface area is 112 Å². The third-order valence-corrected chi connectivity index (χ3v) is 3.33. The van der Waals surface area contributed by atoms with Crippen molar-refractivity contribution in [1.82, 2.24) is 9.55 Å². The molecule has 0 aliphatic carbocycles. The number of anilines is 1. The van der Waals surface area contributed by atoms with Crippen molar-refractivity contribution in [2.75, 3.05) is 26.1 Å². The molecule has 0 unspecified atom stereocenters. The maximum atomic E-state index is 5.31. The van der Waals surface area contributed by atoms with E-state index in [1.54, 1.807) is 14.2 Å². The van der Waals surface area contributed by atoms with Gasteiger partial charge < -0.3 is 19.4 Å². The third-order valence-electron chi connectivity index (χ3n) is 3.33. The largest absolute Gasteiger partial charge is 0.497 e.